The first-order valence-corrected chi connectivity index (χ1v) is 12.7. The lowest BCUT2D eigenvalue weighted by Gasteiger charge is -2.18. The van der Waals surface area contributed by atoms with Crippen molar-refractivity contribution in [1.82, 2.24) is 14.5 Å². The molecule has 1 aliphatic heterocycles. The Morgan fingerprint density at radius 1 is 1.30 bits per heavy atom. The molecule has 1 aliphatic carbocycles. The van der Waals surface area contributed by atoms with Crippen molar-refractivity contribution in [2.75, 3.05) is 25.2 Å². The highest BCUT2D eigenvalue weighted by molar-refractivity contribution is 7.51. The molecular weight excluding hydrogens is 455 g/mol. The molecule has 0 aromatic carbocycles. The maximum atomic E-state index is 11.2. The monoisotopic (exact) mass is 482 g/mol. The number of anilines is 1. The summed E-state index contributed by atoms with van der Waals surface area (Å²) >= 11 is 0. The van der Waals surface area contributed by atoms with Crippen LogP contribution in [0.3, 0.4) is 0 Å². The maximum absolute atomic E-state index is 11.2. The quantitative estimate of drug-likeness (QED) is 0.161. The number of fused-ring (bicyclic) bond motifs is 1. The summed E-state index contributed by atoms with van der Waals surface area (Å²) < 4.78 is 22.9. The molecule has 0 radical (unpaired) electrons. The van der Waals surface area contributed by atoms with Crippen molar-refractivity contribution >= 4 is 24.4 Å². The van der Waals surface area contributed by atoms with Crippen molar-refractivity contribution in [3.05, 3.63) is 18.1 Å². The van der Waals surface area contributed by atoms with Gasteiger partial charge >= 0.3 is 7.60 Å². The zero-order valence-corrected chi connectivity index (χ0v) is 18.9. The van der Waals surface area contributed by atoms with E-state index in [1.807, 2.05) is 0 Å². The van der Waals surface area contributed by atoms with Crippen LogP contribution in [-0.2, 0) is 18.9 Å². The van der Waals surface area contributed by atoms with Gasteiger partial charge in [-0.15, -0.1) is 4.67 Å². The van der Waals surface area contributed by atoms with Crippen molar-refractivity contribution in [3.63, 3.8) is 0 Å². The topological polar surface area (TPSA) is 168 Å². The van der Waals surface area contributed by atoms with Gasteiger partial charge in [-0.25, -0.2) is 14.9 Å². The molecule has 33 heavy (non-hydrogen) atoms. The van der Waals surface area contributed by atoms with E-state index in [1.54, 1.807) is 16.8 Å². The lowest BCUT2D eigenvalue weighted by atomic mass is 10.1. The van der Waals surface area contributed by atoms with E-state index in [0.29, 0.717) is 16.9 Å². The predicted molar refractivity (Wildman–Crippen MR) is 116 cm³/mol. The van der Waals surface area contributed by atoms with E-state index in [2.05, 4.69) is 31.8 Å². The van der Waals surface area contributed by atoms with Gasteiger partial charge in [0.25, 0.3) is 0 Å². The third kappa shape index (κ3) is 5.54. The van der Waals surface area contributed by atoms with E-state index in [0.717, 1.165) is 32.3 Å². The first kappa shape index (κ1) is 24.1. The number of rotatable bonds is 7. The molecule has 2 aliphatic rings. The molecule has 1 saturated heterocycles. The van der Waals surface area contributed by atoms with Crippen molar-refractivity contribution in [2.24, 2.45) is 0 Å². The number of hydrogen-bond acceptors (Lipinski definition) is 10. The number of aromatic nitrogens is 3. The van der Waals surface area contributed by atoms with Crippen LogP contribution >= 0.6 is 7.60 Å². The van der Waals surface area contributed by atoms with E-state index in [1.165, 1.54) is 0 Å². The van der Waals surface area contributed by atoms with Crippen molar-refractivity contribution in [2.45, 2.75) is 56.3 Å². The summed E-state index contributed by atoms with van der Waals surface area (Å²) in [5.41, 5.74) is 0.426. The van der Waals surface area contributed by atoms with Crippen LogP contribution in [0.15, 0.2) is 12.3 Å². The van der Waals surface area contributed by atoms with Crippen molar-refractivity contribution < 1.29 is 39.1 Å². The van der Waals surface area contributed by atoms with E-state index in [-0.39, 0.29) is 25.1 Å². The van der Waals surface area contributed by atoms with Crippen LogP contribution in [0, 0.1) is 11.8 Å². The Morgan fingerprint density at radius 3 is 2.76 bits per heavy atom. The van der Waals surface area contributed by atoms with E-state index in [9.17, 15) is 14.8 Å². The molecule has 12 nitrogen and oxygen atoms in total. The van der Waals surface area contributed by atoms with Crippen LogP contribution in [0.4, 0.5) is 5.82 Å². The first-order chi connectivity index (χ1) is 15.8. The van der Waals surface area contributed by atoms with Crippen LogP contribution in [0.2, 0.25) is 0 Å². The lowest BCUT2D eigenvalue weighted by molar-refractivity contribution is -0.238. The lowest BCUT2D eigenvalue weighted by Crippen LogP contribution is -2.33. The Balaban J connectivity index is 1.62. The standard InChI is InChI=1S/C20H27N4O8P/c1-33(28,29)32-30-11-14-16(26)17(27)20(31-14)24-9-8-13-18(21-12-5-2-3-6-12)22-15(7-4-10-25)23-19(13)24/h8-9,12,14,16-17,20,25-27H,2-3,5-6,10-11H2,1H3,(H,28,29)(H,21,22,23)/t14-,16-,17-,20-/m1/s1. The van der Waals surface area contributed by atoms with E-state index in [4.69, 9.17) is 19.6 Å². The van der Waals surface area contributed by atoms with E-state index >= 15 is 0 Å². The van der Waals surface area contributed by atoms with Gasteiger partial charge in [-0.1, -0.05) is 18.8 Å². The fraction of sp³-hybridized carbons (Fsp3) is 0.600. The summed E-state index contributed by atoms with van der Waals surface area (Å²) in [7, 11) is -3.87. The van der Waals surface area contributed by atoms with Gasteiger partial charge in [0.15, 0.2) is 6.23 Å². The largest absolute Gasteiger partial charge is 0.387 e. The molecular formula is C20H27N4O8P. The highest BCUT2D eigenvalue weighted by Crippen LogP contribution is 2.38. The molecule has 2 aromatic rings. The number of hydrogen-bond donors (Lipinski definition) is 5. The van der Waals surface area contributed by atoms with Crippen LogP contribution < -0.4 is 5.32 Å². The molecule has 3 heterocycles. The number of aliphatic hydroxyl groups excluding tert-OH is 3. The third-order valence-corrected chi connectivity index (χ3v) is 5.96. The van der Waals surface area contributed by atoms with Crippen LogP contribution in [-0.4, -0.2) is 79.0 Å². The molecule has 1 unspecified atom stereocenters. The maximum Gasteiger partial charge on any atom is 0.352 e. The van der Waals surface area contributed by atoms with Gasteiger partial charge in [0.05, 0.1) is 5.39 Å². The minimum Gasteiger partial charge on any atom is -0.387 e. The van der Waals surface area contributed by atoms with Gasteiger partial charge in [0.2, 0.25) is 5.82 Å². The van der Waals surface area contributed by atoms with Gasteiger partial charge in [-0.3, -0.25) is 4.57 Å². The summed E-state index contributed by atoms with van der Waals surface area (Å²) in [6.45, 7) is 0.243. The first-order valence-electron chi connectivity index (χ1n) is 10.6. The zero-order valence-electron chi connectivity index (χ0n) is 18.0. The Kier molecular flexibility index (Phi) is 7.33. The molecule has 4 rings (SSSR count). The zero-order chi connectivity index (χ0) is 23.6. The summed E-state index contributed by atoms with van der Waals surface area (Å²) in [4.78, 5) is 22.8. The van der Waals surface area contributed by atoms with Gasteiger partial charge in [-0.05, 0) is 24.8 Å². The average Bonchev–Trinajstić information content (AvgIpc) is 3.48. The highest BCUT2D eigenvalue weighted by Gasteiger charge is 2.44. The normalized spacial score (nSPS) is 27.4. The van der Waals surface area contributed by atoms with Gasteiger partial charge < -0.3 is 34.8 Å². The minimum atomic E-state index is -3.87. The fourth-order valence-corrected chi connectivity index (χ4v) is 4.34. The van der Waals surface area contributed by atoms with Crippen LogP contribution in [0.1, 0.15) is 37.7 Å². The Morgan fingerprint density at radius 2 is 2.06 bits per heavy atom. The molecule has 5 N–H and O–H groups in total. The fourth-order valence-electron chi connectivity index (χ4n) is 4.08. The minimum absolute atomic E-state index is 0.194. The Hall–Kier alpha value is -2.07. The van der Waals surface area contributed by atoms with Gasteiger partial charge in [-0.2, -0.15) is 0 Å². The predicted octanol–water partition coefficient (Wildman–Crippen LogP) is 0.512. The summed E-state index contributed by atoms with van der Waals surface area (Å²) in [5, 5.41) is 34.2. The smallest absolute Gasteiger partial charge is 0.352 e. The second-order valence-corrected chi connectivity index (χ2v) is 9.91. The molecule has 0 spiro atoms. The van der Waals surface area contributed by atoms with Crippen LogP contribution in [0.5, 0.6) is 0 Å². The third-order valence-electron chi connectivity index (χ3n) is 5.58. The molecule has 0 amide bonds. The summed E-state index contributed by atoms with van der Waals surface area (Å²) in [6.07, 6.45) is 1.31. The van der Waals surface area contributed by atoms with Crippen molar-refractivity contribution in [3.8, 4) is 11.8 Å². The Bertz CT molecular complexity index is 1090. The molecule has 2 fully saturated rings. The van der Waals surface area contributed by atoms with Crippen LogP contribution in [0.25, 0.3) is 11.0 Å². The second kappa shape index (κ2) is 10.0. The molecule has 13 heteroatoms. The number of nitrogens with zero attached hydrogens (tertiary/aromatic N) is 3. The summed E-state index contributed by atoms with van der Waals surface area (Å²) in [6, 6.07) is 2.06. The molecule has 2 aromatic heterocycles. The molecule has 0 bridgehead atoms. The number of nitrogens with one attached hydrogen (secondary N) is 1. The summed E-state index contributed by atoms with van der Waals surface area (Å²) in [5.74, 6) is 6.04. The number of ether oxygens (including phenoxy) is 1. The van der Waals surface area contributed by atoms with E-state index < -0.39 is 32.1 Å². The van der Waals surface area contributed by atoms with Crippen molar-refractivity contribution in [1.29, 1.82) is 0 Å². The SMILES string of the molecule is CP(=O)(O)OOC[C@H]1O[C@@H](n2ccc3c(NC4CCCC4)nc(C#CCO)nc32)[C@H](O)[C@@H]1O. The van der Waals surface area contributed by atoms with Gasteiger partial charge in [0, 0.05) is 18.9 Å². The molecule has 180 valence electrons. The Labute approximate surface area is 190 Å². The second-order valence-electron chi connectivity index (χ2n) is 8.15. The average molecular weight is 482 g/mol. The molecule has 1 saturated carbocycles. The van der Waals surface area contributed by atoms with Gasteiger partial charge in [0.1, 0.15) is 43.0 Å². The number of aliphatic hydroxyl groups is 3. The molecule has 5 atom stereocenters. The highest BCUT2D eigenvalue weighted by atomic mass is 31.2.